The van der Waals surface area contributed by atoms with Crippen molar-refractivity contribution < 1.29 is 108 Å². The molecule has 8 nitrogen and oxygen atoms in total. The van der Waals surface area contributed by atoms with Crippen molar-refractivity contribution >= 4 is 11.9 Å². The Morgan fingerprint density at radius 3 is 1.72 bits per heavy atom. The zero-order chi connectivity index (χ0) is 36.0. The normalized spacial score (nSPS) is 28.2. The van der Waals surface area contributed by atoms with Crippen molar-refractivity contribution in [3.8, 4) is 0 Å². The lowest BCUT2D eigenvalue weighted by Crippen LogP contribution is -2.74. The molecule has 2 rings (SSSR count). The number of hydrogen-bond acceptors (Lipinski definition) is 8. The van der Waals surface area contributed by atoms with Crippen LogP contribution in [0.15, 0.2) is 0 Å². The van der Waals surface area contributed by atoms with Gasteiger partial charge in [0.15, 0.2) is 6.10 Å². The van der Waals surface area contributed by atoms with E-state index in [1.807, 2.05) is 0 Å². The molecule has 0 N–H and O–H groups in total. The molecule has 0 aromatic heterocycles. The van der Waals surface area contributed by atoms with Crippen LogP contribution >= 0.6 is 0 Å². The summed E-state index contributed by atoms with van der Waals surface area (Å²) in [4.78, 5) is 21.8. The highest BCUT2D eigenvalue weighted by Gasteiger charge is 2.84. The van der Waals surface area contributed by atoms with Crippen LogP contribution < -0.4 is 0 Å². The fourth-order valence-electron chi connectivity index (χ4n) is 3.99. The first-order chi connectivity index (χ1) is 20.4. The van der Waals surface area contributed by atoms with Crippen molar-refractivity contribution in [3.63, 3.8) is 0 Å². The number of carbonyl (C=O) groups excluding carboxylic acids is 2. The van der Waals surface area contributed by atoms with E-state index in [2.05, 4.69) is 28.4 Å². The fourth-order valence-corrected chi connectivity index (χ4v) is 3.99. The molecule has 0 saturated heterocycles. The van der Waals surface area contributed by atoms with Gasteiger partial charge in [-0.1, -0.05) is 0 Å². The molecule has 0 bridgehead atoms. The second-order valence-electron chi connectivity index (χ2n) is 10.2. The Labute approximate surface area is 246 Å². The molecule has 0 spiro atoms. The van der Waals surface area contributed by atoms with Gasteiger partial charge in [-0.3, -0.25) is 4.79 Å². The lowest BCUT2D eigenvalue weighted by molar-refractivity contribution is -0.476. The first kappa shape index (κ1) is 39.8. The van der Waals surface area contributed by atoms with E-state index in [4.69, 9.17) is 0 Å². The van der Waals surface area contributed by atoms with E-state index in [1.54, 1.807) is 0 Å². The van der Waals surface area contributed by atoms with E-state index in [0.717, 1.165) is 0 Å². The molecule has 24 heteroatoms. The van der Waals surface area contributed by atoms with Gasteiger partial charge in [-0.25, -0.2) is 35.5 Å². The highest BCUT2D eigenvalue weighted by Crippen LogP contribution is 2.61. The third kappa shape index (κ3) is 8.96. The topological polar surface area (TPSA) is 89.5 Å². The van der Waals surface area contributed by atoms with Crippen molar-refractivity contribution in [2.75, 3.05) is 27.4 Å². The molecule has 4 atom stereocenters. The van der Waals surface area contributed by atoms with Gasteiger partial charge in [0.25, 0.3) is 23.6 Å². The maximum absolute atomic E-state index is 14.7. The van der Waals surface area contributed by atoms with Crippen LogP contribution in [0.3, 0.4) is 0 Å². The highest BCUT2D eigenvalue weighted by atomic mass is 19.3. The van der Waals surface area contributed by atoms with Gasteiger partial charge in [-0.05, 0) is 0 Å². The minimum Gasteiger partial charge on any atom is -0.469 e. The van der Waals surface area contributed by atoms with E-state index in [-0.39, 0.29) is 0 Å². The minimum atomic E-state index is -5.40. The Morgan fingerprint density at radius 1 is 0.717 bits per heavy atom. The lowest BCUT2D eigenvalue weighted by Gasteiger charge is -2.52. The van der Waals surface area contributed by atoms with Crippen LogP contribution in [0.2, 0.25) is 0 Å². The van der Waals surface area contributed by atoms with Crippen LogP contribution in [0.1, 0.15) is 32.1 Å². The number of esters is 2. The third-order valence-electron chi connectivity index (χ3n) is 6.25. The Kier molecular flexibility index (Phi) is 10.9. The van der Waals surface area contributed by atoms with Gasteiger partial charge in [-0.15, -0.1) is 0 Å². The molecular formula is C22H22F16O8. The minimum absolute atomic E-state index is 0.339. The summed E-state index contributed by atoms with van der Waals surface area (Å²) in [5.41, 5.74) is 0. The fraction of sp³-hybridized carbons (Fsp3) is 0.909. The summed E-state index contributed by atoms with van der Waals surface area (Å²) in [6.45, 7) is -5.20. The Balaban J connectivity index is 2.07. The summed E-state index contributed by atoms with van der Waals surface area (Å²) in [6, 6.07) is 0. The standard InChI is InChI=1S/C22H22F16O8/c1-41-11(39)4-14(23,24)8-43-19(33)7-18(31,32)22(19,38)44-9-15(25,26)5-20(34,35)45-10-3-16(27,28)12(10)46-21(36,37)6-17(29,30)13(40)42-2/h10,12H,3-9H2,1-2H3. The molecule has 2 fully saturated rings. The summed E-state index contributed by atoms with van der Waals surface area (Å²) in [5, 5.41) is 0. The van der Waals surface area contributed by atoms with Crippen molar-refractivity contribution in [1.82, 2.24) is 0 Å². The molecule has 270 valence electrons. The van der Waals surface area contributed by atoms with E-state index < -0.39 is 123 Å². The molecule has 0 aromatic carbocycles. The molecule has 0 amide bonds. The number of methoxy groups -OCH3 is 2. The largest absolute Gasteiger partial charge is 0.469 e. The van der Waals surface area contributed by atoms with Crippen LogP contribution in [0.25, 0.3) is 0 Å². The maximum atomic E-state index is 14.7. The summed E-state index contributed by atoms with van der Waals surface area (Å²) >= 11 is 0. The van der Waals surface area contributed by atoms with Crippen molar-refractivity contribution in [3.05, 3.63) is 0 Å². The van der Waals surface area contributed by atoms with E-state index in [1.165, 1.54) is 0 Å². The summed E-state index contributed by atoms with van der Waals surface area (Å²) < 4.78 is 245. The maximum Gasteiger partial charge on any atom is 0.377 e. The number of hydrogen-bond donors (Lipinski definition) is 0. The Morgan fingerprint density at radius 2 is 1.24 bits per heavy atom. The van der Waals surface area contributed by atoms with E-state index in [0.29, 0.717) is 14.2 Å². The van der Waals surface area contributed by atoms with Crippen LogP contribution in [-0.4, -0.2) is 105 Å². The smallest absolute Gasteiger partial charge is 0.377 e. The molecule has 46 heavy (non-hydrogen) atoms. The number of ether oxygens (including phenoxy) is 6. The molecule has 2 aliphatic rings. The molecule has 4 unspecified atom stereocenters. The molecule has 0 radical (unpaired) electrons. The van der Waals surface area contributed by atoms with Gasteiger partial charge in [0, 0.05) is 6.42 Å². The first-order valence-electron chi connectivity index (χ1n) is 12.2. The monoisotopic (exact) mass is 718 g/mol. The van der Waals surface area contributed by atoms with Crippen LogP contribution in [-0.2, 0) is 38.0 Å². The molecule has 2 aliphatic carbocycles. The van der Waals surface area contributed by atoms with Gasteiger partial charge in [0.05, 0.1) is 20.6 Å². The van der Waals surface area contributed by atoms with Gasteiger partial charge in [0.1, 0.15) is 38.6 Å². The molecule has 0 aromatic rings. The predicted octanol–water partition coefficient (Wildman–Crippen LogP) is 5.81. The molecule has 0 aliphatic heterocycles. The number of alkyl halides is 16. The third-order valence-corrected chi connectivity index (χ3v) is 6.25. The highest BCUT2D eigenvalue weighted by molar-refractivity contribution is 5.77. The van der Waals surface area contributed by atoms with Gasteiger partial charge < -0.3 is 28.4 Å². The SMILES string of the molecule is COC(=O)CC(F)(F)COC1(F)CC(F)(F)C1(F)OCC(F)(F)CC(F)(F)OC1CC(F)(F)C1OC(F)(F)CC(F)(F)C(=O)OC. The summed E-state index contributed by atoms with van der Waals surface area (Å²) in [6.07, 6.45) is -29.4. The summed E-state index contributed by atoms with van der Waals surface area (Å²) in [7, 11) is 0.981. The average molecular weight is 718 g/mol. The number of halogens is 16. The van der Waals surface area contributed by atoms with Crippen molar-refractivity contribution in [2.45, 2.75) is 97.9 Å². The Bertz CT molecular complexity index is 1120. The number of carbonyl (C=O) groups is 2. The second-order valence-corrected chi connectivity index (χ2v) is 10.2. The number of rotatable bonds is 17. The zero-order valence-electron chi connectivity index (χ0n) is 22.9. The van der Waals surface area contributed by atoms with Crippen molar-refractivity contribution in [2.24, 2.45) is 0 Å². The quantitative estimate of drug-likeness (QED) is 0.138. The molecule has 2 saturated carbocycles. The van der Waals surface area contributed by atoms with Crippen LogP contribution in [0.4, 0.5) is 70.2 Å². The predicted molar refractivity (Wildman–Crippen MR) is 111 cm³/mol. The second kappa shape index (κ2) is 12.6. The van der Waals surface area contributed by atoms with Gasteiger partial charge in [-0.2, -0.15) is 39.5 Å². The average Bonchev–Trinajstić information content (AvgIpc) is 2.86. The van der Waals surface area contributed by atoms with Gasteiger partial charge >= 0.3 is 41.9 Å². The molecular weight excluding hydrogens is 696 g/mol. The van der Waals surface area contributed by atoms with Crippen LogP contribution in [0.5, 0.6) is 0 Å². The zero-order valence-corrected chi connectivity index (χ0v) is 22.9. The lowest BCUT2D eigenvalue weighted by atomic mass is 9.81. The van der Waals surface area contributed by atoms with Gasteiger partial charge in [0.2, 0.25) is 0 Å². The van der Waals surface area contributed by atoms with Crippen LogP contribution in [0, 0.1) is 0 Å². The Hall–Kier alpha value is -2.34. The first-order valence-corrected chi connectivity index (χ1v) is 12.2. The van der Waals surface area contributed by atoms with E-state index in [9.17, 15) is 79.8 Å². The summed E-state index contributed by atoms with van der Waals surface area (Å²) in [5.74, 6) is -38.4. The van der Waals surface area contributed by atoms with E-state index >= 15 is 0 Å². The molecule has 0 heterocycles. The van der Waals surface area contributed by atoms with Crippen molar-refractivity contribution in [1.29, 1.82) is 0 Å².